The van der Waals surface area contributed by atoms with E-state index >= 15 is 0 Å². The van der Waals surface area contributed by atoms with Crippen molar-refractivity contribution >= 4 is 23.3 Å². The van der Waals surface area contributed by atoms with Gasteiger partial charge in [0.15, 0.2) is 0 Å². The van der Waals surface area contributed by atoms with E-state index in [1.807, 2.05) is 32.9 Å². The molecule has 0 aliphatic rings. The predicted octanol–water partition coefficient (Wildman–Crippen LogP) is 4.40. The quantitative estimate of drug-likeness (QED) is 0.0494. The summed E-state index contributed by atoms with van der Waals surface area (Å²) in [4.78, 5) is 32.9. The predicted molar refractivity (Wildman–Crippen MR) is 192 cm³/mol. The third-order valence-electron chi connectivity index (χ3n) is 5.69. The first kappa shape index (κ1) is 46.0. The number of ether oxygens (including phenoxy) is 10. The number of nitrogen functional groups attached to an aromatic ring is 1. The summed E-state index contributed by atoms with van der Waals surface area (Å²) in [5.74, 6) is 0.523. The fraction of sp³-hybridized carbons (Fsp3) is 0.611. The molecule has 0 unspecified atom stereocenters. The lowest BCUT2D eigenvalue weighted by molar-refractivity contribution is -0.384. The van der Waals surface area contributed by atoms with Crippen molar-refractivity contribution in [2.24, 2.45) is 0 Å². The van der Waals surface area contributed by atoms with Gasteiger partial charge in [-0.2, -0.15) is 0 Å². The van der Waals surface area contributed by atoms with Crippen molar-refractivity contribution in [2.45, 2.75) is 52.7 Å². The molecule has 0 aliphatic carbocycles. The summed E-state index contributed by atoms with van der Waals surface area (Å²) in [5, 5.41) is 10.5. The standard InChI is InChI=1S/C18H27NO8.C18H29NO6/c1-18(2,3)27-17(20)14-25-11-10-23-8-9-24-12-13-26-16-6-4-15(5-7-16)19(21)22;1-18(2,3)25-17(20)14-23-11-10-21-8-9-22-12-13-24-16-6-4-15(19)5-7-16/h4-7H,8-14H2,1-3H3;4-7H,8-14,19H2,1-3H3. The van der Waals surface area contributed by atoms with Crippen LogP contribution in [0.15, 0.2) is 48.5 Å². The highest BCUT2D eigenvalue weighted by Crippen LogP contribution is 2.17. The van der Waals surface area contributed by atoms with Crippen molar-refractivity contribution in [2.75, 3.05) is 98.2 Å². The number of hydrogen-bond acceptors (Lipinski definition) is 15. The molecule has 294 valence electrons. The van der Waals surface area contributed by atoms with E-state index in [2.05, 4.69) is 0 Å². The number of nitro benzene ring substituents is 1. The summed E-state index contributed by atoms with van der Waals surface area (Å²) < 4.78 is 52.8. The minimum absolute atomic E-state index is 0.0193. The fourth-order valence-electron chi connectivity index (χ4n) is 3.60. The first-order valence-corrected chi connectivity index (χ1v) is 16.9. The first-order valence-electron chi connectivity index (χ1n) is 16.9. The molecule has 0 atom stereocenters. The second-order valence-electron chi connectivity index (χ2n) is 12.7. The molecule has 16 nitrogen and oxygen atoms in total. The van der Waals surface area contributed by atoms with Crippen LogP contribution in [0.5, 0.6) is 11.5 Å². The first-order chi connectivity index (χ1) is 24.6. The zero-order valence-corrected chi connectivity index (χ0v) is 31.3. The molecule has 0 saturated heterocycles. The lowest BCUT2D eigenvalue weighted by Crippen LogP contribution is -2.27. The smallest absolute Gasteiger partial charge is 0.332 e. The van der Waals surface area contributed by atoms with Crippen LogP contribution >= 0.6 is 0 Å². The van der Waals surface area contributed by atoms with Gasteiger partial charge in [0.1, 0.15) is 49.1 Å². The van der Waals surface area contributed by atoms with E-state index in [0.717, 1.165) is 5.75 Å². The van der Waals surface area contributed by atoms with E-state index in [9.17, 15) is 19.7 Å². The molecule has 0 fully saturated rings. The van der Waals surface area contributed by atoms with Crippen molar-refractivity contribution in [3.63, 3.8) is 0 Å². The lowest BCUT2D eigenvalue weighted by atomic mass is 10.2. The average Bonchev–Trinajstić information content (AvgIpc) is 3.06. The van der Waals surface area contributed by atoms with Crippen LogP contribution in [0.1, 0.15) is 41.5 Å². The number of rotatable bonds is 25. The normalized spacial score (nSPS) is 11.3. The van der Waals surface area contributed by atoms with Crippen LogP contribution < -0.4 is 15.2 Å². The van der Waals surface area contributed by atoms with Crippen LogP contribution in [0.2, 0.25) is 0 Å². The number of carbonyl (C=O) groups is 2. The Morgan fingerprint density at radius 3 is 1.17 bits per heavy atom. The number of esters is 2. The highest BCUT2D eigenvalue weighted by molar-refractivity contribution is 5.71. The van der Waals surface area contributed by atoms with Crippen LogP contribution in [0.3, 0.4) is 0 Å². The Hall–Kier alpha value is -4.06. The Bertz CT molecular complexity index is 1250. The van der Waals surface area contributed by atoms with Crippen molar-refractivity contribution in [3.05, 3.63) is 58.6 Å². The minimum Gasteiger partial charge on any atom is -0.491 e. The summed E-state index contributed by atoms with van der Waals surface area (Å²) >= 11 is 0. The molecule has 2 aromatic carbocycles. The Morgan fingerprint density at radius 1 is 0.538 bits per heavy atom. The van der Waals surface area contributed by atoms with Gasteiger partial charge in [-0.3, -0.25) is 10.1 Å². The number of anilines is 1. The molecule has 2 aromatic rings. The van der Waals surface area contributed by atoms with E-state index in [-0.39, 0.29) is 24.9 Å². The van der Waals surface area contributed by atoms with Crippen molar-refractivity contribution in [3.8, 4) is 11.5 Å². The summed E-state index contributed by atoms with van der Waals surface area (Å²) in [6, 6.07) is 13.1. The van der Waals surface area contributed by atoms with Gasteiger partial charge < -0.3 is 53.1 Å². The molecule has 0 radical (unpaired) electrons. The maximum Gasteiger partial charge on any atom is 0.332 e. The molecule has 0 spiro atoms. The number of non-ortho nitro benzene ring substituents is 1. The van der Waals surface area contributed by atoms with Crippen molar-refractivity contribution in [1.82, 2.24) is 0 Å². The van der Waals surface area contributed by atoms with Crippen molar-refractivity contribution < 1.29 is 61.9 Å². The Balaban J connectivity index is 0.000000522. The molecule has 0 bridgehead atoms. The van der Waals surface area contributed by atoms with Crippen LogP contribution in [0, 0.1) is 10.1 Å². The number of carbonyl (C=O) groups excluding carboxylic acids is 2. The number of hydrogen-bond donors (Lipinski definition) is 1. The van der Waals surface area contributed by atoms with E-state index in [4.69, 9.17) is 53.1 Å². The summed E-state index contributed by atoms with van der Waals surface area (Å²) in [7, 11) is 0. The number of benzene rings is 2. The topological polar surface area (TPSA) is 196 Å². The maximum atomic E-state index is 11.4. The minimum atomic E-state index is -0.517. The number of nitrogens with two attached hydrogens (primary N) is 1. The van der Waals surface area contributed by atoms with Gasteiger partial charge in [0.2, 0.25) is 0 Å². The van der Waals surface area contributed by atoms with Crippen LogP contribution in [0.4, 0.5) is 11.4 Å². The highest BCUT2D eigenvalue weighted by Gasteiger charge is 2.17. The summed E-state index contributed by atoms with van der Waals surface area (Å²) in [5.41, 5.74) is 5.31. The molecule has 0 aromatic heterocycles. The van der Waals surface area contributed by atoms with Crippen molar-refractivity contribution in [1.29, 1.82) is 0 Å². The molecule has 0 heterocycles. The third-order valence-corrected chi connectivity index (χ3v) is 5.69. The van der Waals surface area contributed by atoms with Gasteiger partial charge in [0.25, 0.3) is 5.69 Å². The third kappa shape index (κ3) is 27.6. The molecule has 16 heteroatoms. The zero-order chi connectivity index (χ0) is 38.7. The van der Waals surface area contributed by atoms with E-state index in [1.165, 1.54) is 12.1 Å². The van der Waals surface area contributed by atoms with Gasteiger partial charge in [-0.1, -0.05) is 0 Å². The van der Waals surface area contributed by atoms with Crippen LogP contribution in [-0.4, -0.2) is 121 Å². The second kappa shape index (κ2) is 26.7. The molecular weight excluding hydrogens is 684 g/mol. The monoisotopic (exact) mass is 740 g/mol. The number of nitro groups is 1. The molecular formula is C36H56N2O14. The molecule has 0 saturated carbocycles. The lowest BCUT2D eigenvalue weighted by Gasteiger charge is -2.19. The Labute approximate surface area is 306 Å². The van der Waals surface area contributed by atoms with Gasteiger partial charge in [0.05, 0.1) is 71.0 Å². The Kier molecular flexibility index (Phi) is 23.6. The molecule has 0 amide bonds. The second-order valence-corrected chi connectivity index (χ2v) is 12.7. The molecule has 2 N–H and O–H groups in total. The van der Waals surface area contributed by atoms with E-state index in [0.29, 0.717) is 90.7 Å². The van der Waals surface area contributed by atoms with Gasteiger partial charge in [-0.15, -0.1) is 0 Å². The van der Waals surface area contributed by atoms with Crippen LogP contribution in [0.25, 0.3) is 0 Å². The molecule has 0 aliphatic heterocycles. The number of nitrogens with zero attached hydrogens (tertiary/aromatic N) is 1. The van der Waals surface area contributed by atoms with Crippen LogP contribution in [-0.2, 0) is 47.5 Å². The maximum absolute atomic E-state index is 11.4. The average molecular weight is 741 g/mol. The largest absolute Gasteiger partial charge is 0.491 e. The Morgan fingerprint density at radius 2 is 0.846 bits per heavy atom. The molecule has 2 rings (SSSR count). The van der Waals surface area contributed by atoms with E-state index < -0.39 is 22.1 Å². The summed E-state index contributed by atoms with van der Waals surface area (Å²) in [6.45, 7) is 15.4. The van der Waals surface area contributed by atoms with E-state index in [1.54, 1.807) is 45.0 Å². The van der Waals surface area contributed by atoms with Gasteiger partial charge in [-0.05, 0) is 77.9 Å². The SMILES string of the molecule is CC(C)(C)OC(=O)COCCOCCOCCOc1ccc(N)cc1.CC(C)(C)OC(=O)COCCOCCOCCOc1ccc([N+](=O)[O-])cc1. The van der Waals surface area contributed by atoms with Gasteiger partial charge in [0, 0.05) is 17.8 Å². The fourth-order valence-corrected chi connectivity index (χ4v) is 3.60. The molecule has 52 heavy (non-hydrogen) atoms. The van der Waals surface area contributed by atoms with Gasteiger partial charge >= 0.3 is 11.9 Å². The highest BCUT2D eigenvalue weighted by atomic mass is 16.6. The zero-order valence-electron chi connectivity index (χ0n) is 31.3. The summed E-state index contributed by atoms with van der Waals surface area (Å²) in [6.07, 6.45) is 0. The van der Waals surface area contributed by atoms with Gasteiger partial charge in [-0.25, -0.2) is 9.59 Å².